The van der Waals surface area contributed by atoms with Crippen LogP contribution in [0.1, 0.15) is 30.6 Å². The number of morpholine rings is 1. The van der Waals surface area contributed by atoms with Gasteiger partial charge < -0.3 is 10.1 Å². The molecule has 3 rings (SSSR count). The fourth-order valence-corrected chi connectivity index (χ4v) is 3.40. The van der Waals surface area contributed by atoms with Crippen LogP contribution in [0.15, 0.2) is 42.5 Å². The molecule has 1 heterocycles. The van der Waals surface area contributed by atoms with Gasteiger partial charge in [0.05, 0.1) is 12.2 Å². The van der Waals surface area contributed by atoms with Crippen molar-refractivity contribution in [3.05, 3.63) is 48.0 Å². The van der Waals surface area contributed by atoms with Gasteiger partial charge in [-0.3, -0.25) is 9.69 Å². The zero-order valence-electron chi connectivity index (χ0n) is 14.5. The van der Waals surface area contributed by atoms with Crippen LogP contribution in [-0.2, 0) is 4.74 Å². The molecule has 2 aromatic rings. The minimum Gasteiger partial charge on any atom is -0.373 e. The van der Waals surface area contributed by atoms with E-state index in [0.717, 1.165) is 42.4 Å². The van der Waals surface area contributed by atoms with Crippen LogP contribution in [0.2, 0.25) is 0 Å². The van der Waals surface area contributed by atoms with E-state index in [9.17, 15) is 4.79 Å². The van der Waals surface area contributed by atoms with Crippen LogP contribution in [0.5, 0.6) is 0 Å². The maximum absolute atomic E-state index is 12.3. The normalized spacial score (nSPS) is 21.8. The molecule has 2 aromatic carbocycles. The third kappa shape index (κ3) is 4.34. The van der Waals surface area contributed by atoms with E-state index in [0.29, 0.717) is 18.8 Å². The predicted molar refractivity (Wildman–Crippen MR) is 97.3 cm³/mol. The van der Waals surface area contributed by atoms with Crippen molar-refractivity contribution in [1.29, 1.82) is 0 Å². The Hall–Kier alpha value is -1.91. The summed E-state index contributed by atoms with van der Waals surface area (Å²) in [4.78, 5) is 14.7. The largest absolute Gasteiger partial charge is 0.373 e. The lowest BCUT2D eigenvalue weighted by Crippen LogP contribution is -2.46. The lowest BCUT2D eigenvalue weighted by atomic mass is 10.1. The van der Waals surface area contributed by atoms with Gasteiger partial charge in [-0.25, -0.2) is 0 Å². The zero-order valence-corrected chi connectivity index (χ0v) is 14.5. The van der Waals surface area contributed by atoms with E-state index in [1.54, 1.807) is 0 Å². The summed E-state index contributed by atoms with van der Waals surface area (Å²) in [7, 11) is 0. The molecule has 1 aliphatic rings. The van der Waals surface area contributed by atoms with Gasteiger partial charge in [0.1, 0.15) is 0 Å². The molecule has 4 nitrogen and oxygen atoms in total. The Labute approximate surface area is 143 Å². The molecule has 24 heavy (non-hydrogen) atoms. The summed E-state index contributed by atoms with van der Waals surface area (Å²) in [6.45, 7) is 7.88. The first-order valence-electron chi connectivity index (χ1n) is 8.76. The molecule has 0 aromatic heterocycles. The van der Waals surface area contributed by atoms with Crippen molar-refractivity contribution in [2.45, 2.75) is 32.5 Å². The molecule has 0 unspecified atom stereocenters. The molecule has 4 heteroatoms. The highest BCUT2D eigenvalue weighted by Crippen LogP contribution is 2.15. The summed E-state index contributed by atoms with van der Waals surface area (Å²) < 4.78 is 5.74. The van der Waals surface area contributed by atoms with E-state index in [4.69, 9.17) is 4.74 Å². The third-order valence-electron chi connectivity index (χ3n) is 4.44. The van der Waals surface area contributed by atoms with Crippen LogP contribution >= 0.6 is 0 Å². The van der Waals surface area contributed by atoms with Crippen LogP contribution in [0.4, 0.5) is 0 Å². The van der Waals surface area contributed by atoms with E-state index in [2.05, 4.69) is 30.1 Å². The van der Waals surface area contributed by atoms with Gasteiger partial charge in [-0.2, -0.15) is 0 Å². The summed E-state index contributed by atoms with van der Waals surface area (Å²) in [5.41, 5.74) is 0.724. The Morgan fingerprint density at radius 1 is 1.12 bits per heavy atom. The number of hydrogen-bond acceptors (Lipinski definition) is 3. The topological polar surface area (TPSA) is 41.6 Å². The molecule has 1 aliphatic heterocycles. The van der Waals surface area contributed by atoms with Crippen LogP contribution < -0.4 is 5.32 Å². The molecule has 1 saturated heterocycles. The maximum atomic E-state index is 12.3. The molecule has 0 saturated carbocycles. The van der Waals surface area contributed by atoms with E-state index in [1.165, 1.54) is 0 Å². The second-order valence-corrected chi connectivity index (χ2v) is 6.69. The van der Waals surface area contributed by atoms with E-state index in [-0.39, 0.29) is 5.91 Å². The minimum absolute atomic E-state index is 0.00414. The molecule has 2 atom stereocenters. The fourth-order valence-electron chi connectivity index (χ4n) is 3.40. The molecular formula is C20H26N2O2. The Morgan fingerprint density at radius 2 is 1.83 bits per heavy atom. The molecule has 0 aliphatic carbocycles. The Morgan fingerprint density at radius 3 is 2.58 bits per heavy atom. The highest BCUT2D eigenvalue weighted by molar-refractivity contribution is 5.98. The second kappa shape index (κ2) is 7.77. The number of amides is 1. The smallest absolute Gasteiger partial charge is 0.251 e. The average Bonchev–Trinajstić information content (AvgIpc) is 2.57. The van der Waals surface area contributed by atoms with Gasteiger partial charge in [0.25, 0.3) is 5.91 Å². The number of ether oxygens (including phenoxy) is 1. The van der Waals surface area contributed by atoms with Gasteiger partial charge in [-0.1, -0.05) is 30.3 Å². The van der Waals surface area contributed by atoms with Gasteiger partial charge in [-0.15, -0.1) is 0 Å². The summed E-state index contributed by atoms with van der Waals surface area (Å²) >= 11 is 0. The first-order chi connectivity index (χ1) is 11.6. The van der Waals surface area contributed by atoms with Gasteiger partial charge in [0.15, 0.2) is 0 Å². The van der Waals surface area contributed by atoms with Crippen molar-refractivity contribution in [2.24, 2.45) is 0 Å². The summed E-state index contributed by atoms with van der Waals surface area (Å²) in [5, 5.41) is 5.28. The number of hydrogen-bond donors (Lipinski definition) is 1. The molecule has 1 amide bonds. The van der Waals surface area contributed by atoms with Gasteiger partial charge >= 0.3 is 0 Å². The van der Waals surface area contributed by atoms with Crippen molar-refractivity contribution < 1.29 is 9.53 Å². The van der Waals surface area contributed by atoms with Gasteiger partial charge in [0.2, 0.25) is 0 Å². The van der Waals surface area contributed by atoms with E-state index >= 15 is 0 Å². The predicted octanol–water partition coefficient (Wildman–Crippen LogP) is 3.07. The molecular weight excluding hydrogens is 300 g/mol. The fraction of sp³-hybridized carbons (Fsp3) is 0.450. The Kier molecular flexibility index (Phi) is 5.48. The molecule has 0 bridgehead atoms. The second-order valence-electron chi connectivity index (χ2n) is 6.69. The third-order valence-corrected chi connectivity index (χ3v) is 4.44. The number of carbonyl (C=O) groups excluding carboxylic acids is 1. The first kappa shape index (κ1) is 16.9. The summed E-state index contributed by atoms with van der Waals surface area (Å²) in [5.74, 6) is 0.00414. The standard InChI is InChI=1S/C20H26N2O2/c1-15-13-22(14-16(2)24-15)11-5-10-21-20(23)19-9-8-17-6-3-4-7-18(17)12-19/h3-4,6-9,12,15-16H,5,10-11,13-14H2,1-2H3,(H,21,23)/t15-,16-/m0/s1. The summed E-state index contributed by atoms with van der Waals surface area (Å²) in [6.07, 6.45) is 1.54. The number of nitrogens with one attached hydrogen (secondary N) is 1. The molecule has 0 radical (unpaired) electrons. The first-order valence-corrected chi connectivity index (χ1v) is 8.76. The number of benzene rings is 2. The maximum Gasteiger partial charge on any atom is 0.251 e. The van der Waals surface area contributed by atoms with Crippen LogP contribution in [-0.4, -0.2) is 49.2 Å². The number of fused-ring (bicyclic) bond motifs is 1. The lowest BCUT2D eigenvalue weighted by Gasteiger charge is -2.35. The van der Waals surface area contributed by atoms with E-state index in [1.807, 2.05) is 36.4 Å². The van der Waals surface area contributed by atoms with Crippen molar-refractivity contribution in [3.8, 4) is 0 Å². The van der Waals surface area contributed by atoms with Crippen molar-refractivity contribution in [3.63, 3.8) is 0 Å². The number of carbonyl (C=O) groups is 1. The van der Waals surface area contributed by atoms with Gasteiger partial charge in [-0.05, 0) is 43.2 Å². The molecule has 1 N–H and O–H groups in total. The molecule has 0 spiro atoms. The number of rotatable bonds is 5. The Balaban J connectivity index is 1.46. The lowest BCUT2D eigenvalue weighted by molar-refractivity contribution is -0.0679. The molecule has 1 fully saturated rings. The summed E-state index contributed by atoms with van der Waals surface area (Å²) in [6, 6.07) is 13.9. The zero-order chi connectivity index (χ0) is 16.9. The van der Waals surface area contributed by atoms with Crippen LogP contribution in [0.3, 0.4) is 0 Å². The molecule has 128 valence electrons. The monoisotopic (exact) mass is 326 g/mol. The van der Waals surface area contributed by atoms with E-state index < -0.39 is 0 Å². The number of nitrogens with zero attached hydrogens (tertiary/aromatic N) is 1. The van der Waals surface area contributed by atoms with Crippen molar-refractivity contribution in [1.82, 2.24) is 10.2 Å². The van der Waals surface area contributed by atoms with Crippen LogP contribution in [0.25, 0.3) is 10.8 Å². The minimum atomic E-state index is 0.00414. The van der Waals surface area contributed by atoms with Crippen molar-refractivity contribution >= 4 is 16.7 Å². The van der Waals surface area contributed by atoms with Crippen LogP contribution in [0, 0.1) is 0 Å². The van der Waals surface area contributed by atoms with Gasteiger partial charge in [0, 0.05) is 31.7 Å². The Bertz CT molecular complexity index is 691. The average molecular weight is 326 g/mol. The van der Waals surface area contributed by atoms with Crippen molar-refractivity contribution in [2.75, 3.05) is 26.2 Å². The highest BCUT2D eigenvalue weighted by Gasteiger charge is 2.21. The quantitative estimate of drug-likeness (QED) is 0.859. The highest BCUT2D eigenvalue weighted by atomic mass is 16.5. The SMILES string of the molecule is C[C@H]1CN(CCCNC(=O)c2ccc3ccccc3c2)C[C@H](C)O1.